The van der Waals surface area contributed by atoms with Crippen LogP contribution >= 0.6 is 0 Å². The zero-order valence-corrected chi connectivity index (χ0v) is 14.0. The number of carboxylic acids is 4. The molecule has 8 heteroatoms. The van der Waals surface area contributed by atoms with E-state index in [1.165, 1.54) is 30.3 Å². The van der Waals surface area contributed by atoms with Crippen molar-refractivity contribution in [2.45, 2.75) is 0 Å². The number of carboxylic acid groups (broad SMARTS) is 4. The summed E-state index contributed by atoms with van der Waals surface area (Å²) < 4.78 is 0. The second kappa shape index (κ2) is 6.84. The smallest absolute Gasteiger partial charge is 0.336 e. The van der Waals surface area contributed by atoms with E-state index in [-0.39, 0.29) is 38.8 Å². The van der Waals surface area contributed by atoms with E-state index in [1.54, 1.807) is 0 Å². The van der Waals surface area contributed by atoms with Crippen LogP contribution in [0.1, 0.15) is 41.4 Å². The van der Waals surface area contributed by atoms with E-state index in [4.69, 9.17) is 5.11 Å². The molecule has 0 heterocycles. The van der Waals surface area contributed by atoms with Gasteiger partial charge in [-0.05, 0) is 52.7 Å². The molecule has 0 unspecified atom stereocenters. The molecule has 0 aliphatic carbocycles. The quantitative estimate of drug-likeness (QED) is 0.527. The number of fused-ring (bicyclic) bond motifs is 1. The molecular weight excluding hydrogens is 368 g/mol. The topological polar surface area (TPSA) is 149 Å². The van der Waals surface area contributed by atoms with Crippen molar-refractivity contribution >= 4 is 34.6 Å². The predicted octanol–water partition coefficient (Wildman–Crippen LogP) is 3.30. The fraction of sp³-hybridized carbons (Fsp3) is 0. The van der Waals surface area contributed by atoms with Crippen molar-refractivity contribution in [2.24, 2.45) is 0 Å². The first-order valence-electron chi connectivity index (χ1n) is 7.85. The van der Waals surface area contributed by atoms with Crippen molar-refractivity contribution in [3.05, 3.63) is 70.8 Å². The molecule has 0 radical (unpaired) electrons. The van der Waals surface area contributed by atoms with E-state index < -0.39 is 23.9 Å². The van der Waals surface area contributed by atoms with Gasteiger partial charge in [0.15, 0.2) is 0 Å². The lowest BCUT2D eigenvalue weighted by molar-refractivity contribution is 0.0681. The van der Waals surface area contributed by atoms with Crippen molar-refractivity contribution in [1.29, 1.82) is 0 Å². The minimum absolute atomic E-state index is 0.00226. The Bertz CT molecular complexity index is 1180. The summed E-state index contributed by atoms with van der Waals surface area (Å²) in [6, 6.07) is 9.91. The normalized spacial score (nSPS) is 10.6. The molecule has 0 spiro atoms. The molecule has 0 saturated heterocycles. The first-order chi connectivity index (χ1) is 13.2. The summed E-state index contributed by atoms with van der Waals surface area (Å²) >= 11 is 0. The maximum absolute atomic E-state index is 11.8. The lowest BCUT2D eigenvalue weighted by atomic mass is 9.89. The monoisotopic (exact) mass is 380 g/mol. The Morgan fingerprint density at radius 1 is 0.571 bits per heavy atom. The minimum Gasteiger partial charge on any atom is -0.478 e. The Morgan fingerprint density at radius 3 is 1.68 bits per heavy atom. The van der Waals surface area contributed by atoms with Gasteiger partial charge in [-0.1, -0.05) is 12.1 Å². The molecule has 4 N–H and O–H groups in total. The maximum atomic E-state index is 11.8. The predicted molar refractivity (Wildman–Crippen MR) is 97.2 cm³/mol. The van der Waals surface area contributed by atoms with Crippen LogP contribution in [0.2, 0.25) is 0 Å². The summed E-state index contributed by atoms with van der Waals surface area (Å²) in [5.41, 5.74) is -0.835. The molecule has 0 aliphatic heterocycles. The van der Waals surface area contributed by atoms with Gasteiger partial charge in [0.2, 0.25) is 0 Å². The molecule has 3 aromatic rings. The minimum atomic E-state index is -1.36. The van der Waals surface area contributed by atoms with Crippen molar-refractivity contribution in [3.63, 3.8) is 0 Å². The van der Waals surface area contributed by atoms with Crippen LogP contribution in [0.15, 0.2) is 48.5 Å². The Balaban J connectivity index is 2.47. The first-order valence-corrected chi connectivity index (χ1v) is 7.85. The maximum Gasteiger partial charge on any atom is 0.336 e. The van der Waals surface area contributed by atoms with Crippen LogP contribution in [0.25, 0.3) is 21.9 Å². The summed E-state index contributed by atoms with van der Waals surface area (Å²) in [6.07, 6.45) is 0. The van der Waals surface area contributed by atoms with Gasteiger partial charge < -0.3 is 20.4 Å². The molecule has 140 valence electrons. The molecule has 0 fully saturated rings. The fourth-order valence-electron chi connectivity index (χ4n) is 3.00. The average molecular weight is 380 g/mol. The van der Waals surface area contributed by atoms with E-state index in [0.717, 1.165) is 18.2 Å². The van der Waals surface area contributed by atoms with Gasteiger partial charge in [0.25, 0.3) is 0 Å². The Morgan fingerprint density at radius 2 is 1.11 bits per heavy atom. The highest BCUT2D eigenvalue weighted by atomic mass is 16.4. The highest BCUT2D eigenvalue weighted by Crippen LogP contribution is 2.36. The molecule has 0 aromatic heterocycles. The Kier molecular flexibility index (Phi) is 4.54. The third kappa shape index (κ3) is 3.14. The first kappa shape index (κ1) is 18.6. The van der Waals surface area contributed by atoms with Crippen molar-refractivity contribution in [2.75, 3.05) is 0 Å². The van der Waals surface area contributed by atoms with Gasteiger partial charge in [-0.2, -0.15) is 0 Å². The molecule has 8 nitrogen and oxygen atoms in total. The molecule has 3 aromatic carbocycles. The van der Waals surface area contributed by atoms with Gasteiger partial charge in [0.05, 0.1) is 22.3 Å². The van der Waals surface area contributed by atoms with Gasteiger partial charge in [0, 0.05) is 5.56 Å². The van der Waals surface area contributed by atoms with Crippen molar-refractivity contribution in [3.8, 4) is 11.1 Å². The number of carbonyl (C=O) groups is 4. The van der Waals surface area contributed by atoms with Crippen molar-refractivity contribution < 1.29 is 39.6 Å². The molecular formula is C20H12O8. The summed E-state index contributed by atoms with van der Waals surface area (Å²) in [5, 5.41) is 38.1. The van der Waals surface area contributed by atoms with Crippen LogP contribution < -0.4 is 0 Å². The van der Waals surface area contributed by atoms with Crippen LogP contribution in [0.3, 0.4) is 0 Å². The van der Waals surface area contributed by atoms with Crippen LogP contribution in [0, 0.1) is 0 Å². The summed E-state index contributed by atoms with van der Waals surface area (Å²) in [6.45, 7) is 0. The number of hydrogen-bond acceptors (Lipinski definition) is 4. The molecule has 0 atom stereocenters. The number of hydrogen-bond donors (Lipinski definition) is 4. The zero-order chi connectivity index (χ0) is 20.6. The summed E-state index contributed by atoms with van der Waals surface area (Å²) in [7, 11) is 0. The third-order valence-electron chi connectivity index (χ3n) is 4.26. The van der Waals surface area contributed by atoms with Gasteiger partial charge in [-0.3, -0.25) is 0 Å². The molecule has 28 heavy (non-hydrogen) atoms. The zero-order valence-electron chi connectivity index (χ0n) is 14.0. The summed E-state index contributed by atoms with van der Waals surface area (Å²) in [4.78, 5) is 46.0. The SMILES string of the molecule is O=C(O)c1ccc(C(=O)O)c(-c2c(C(=O)O)ccc3cc(C(=O)O)ccc23)c1. The van der Waals surface area contributed by atoms with Gasteiger partial charge >= 0.3 is 23.9 Å². The number of benzene rings is 3. The fourth-order valence-corrected chi connectivity index (χ4v) is 3.00. The largest absolute Gasteiger partial charge is 0.478 e. The summed E-state index contributed by atoms with van der Waals surface area (Å²) in [5.74, 6) is -5.17. The second-order valence-corrected chi connectivity index (χ2v) is 5.91. The van der Waals surface area contributed by atoms with E-state index in [0.29, 0.717) is 5.39 Å². The van der Waals surface area contributed by atoms with Crippen LogP contribution in [-0.4, -0.2) is 44.3 Å². The second-order valence-electron chi connectivity index (χ2n) is 5.91. The van der Waals surface area contributed by atoms with E-state index in [2.05, 4.69) is 0 Å². The average Bonchev–Trinajstić information content (AvgIpc) is 2.65. The van der Waals surface area contributed by atoms with Crippen LogP contribution in [0.5, 0.6) is 0 Å². The number of aromatic carboxylic acids is 4. The van der Waals surface area contributed by atoms with E-state index in [1.807, 2.05) is 0 Å². The van der Waals surface area contributed by atoms with Crippen LogP contribution in [-0.2, 0) is 0 Å². The van der Waals surface area contributed by atoms with E-state index >= 15 is 0 Å². The molecule has 0 saturated carbocycles. The standard InChI is InChI=1S/C20H12O8/c21-17(22)10-2-4-12-9(7-10)1-6-14(20(27)28)16(12)15-8-11(18(23)24)3-5-13(15)19(25)26/h1-8H,(H,21,22)(H,23,24)(H,25,26)(H,27,28). The highest BCUT2D eigenvalue weighted by Gasteiger charge is 2.22. The molecule has 0 bridgehead atoms. The van der Waals surface area contributed by atoms with Crippen LogP contribution in [0.4, 0.5) is 0 Å². The van der Waals surface area contributed by atoms with E-state index in [9.17, 15) is 34.5 Å². The van der Waals surface area contributed by atoms with Gasteiger partial charge in [-0.25, -0.2) is 19.2 Å². The lowest BCUT2D eigenvalue weighted by Gasteiger charge is -2.14. The highest BCUT2D eigenvalue weighted by molar-refractivity contribution is 6.12. The molecule has 3 rings (SSSR count). The molecule has 0 amide bonds. The Labute approximate surface area is 156 Å². The number of rotatable bonds is 5. The van der Waals surface area contributed by atoms with Crippen molar-refractivity contribution in [1.82, 2.24) is 0 Å². The third-order valence-corrected chi connectivity index (χ3v) is 4.26. The van der Waals surface area contributed by atoms with Gasteiger partial charge in [0.1, 0.15) is 0 Å². The Hall–Kier alpha value is -4.20. The van der Waals surface area contributed by atoms with Gasteiger partial charge in [-0.15, -0.1) is 0 Å². The lowest BCUT2D eigenvalue weighted by Crippen LogP contribution is -2.07. The molecule has 0 aliphatic rings.